The first-order chi connectivity index (χ1) is 11.3. The van der Waals surface area contributed by atoms with Crippen LogP contribution in [0.4, 0.5) is 11.6 Å². The summed E-state index contributed by atoms with van der Waals surface area (Å²) >= 11 is 0. The van der Waals surface area contributed by atoms with Gasteiger partial charge in [-0.25, -0.2) is 0 Å². The Balaban J connectivity index is 1.58. The van der Waals surface area contributed by atoms with Gasteiger partial charge < -0.3 is 10.6 Å². The average molecular weight is 306 g/mol. The predicted octanol–water partition coefficient (Wildman–Crippen LogP) is 2.13. The Hall–Kier alpha value is -3.35. The van der Waals surface area contributed by atoms with Gasteiger partial charge in [-0.1, -0.05) is 0 Å². The van der Waals surface area contributed by atoms with E-state index in [1.54, 1.807) is 42.9 Å². The summed E-state index contributed by atoms with van der Waals surface area (Å²) in [4.78, 5) is 19.8. The molecular weight excluding hydrogens is 292 g/mol. The van der Waals surface area contributed by atoms with E-state index in [1.165, 1.54) is 6.20 Å². The molecule has 0 aliphatic heterocycles. The number of anilines is 2. The van der Waals surface area contributed by atoms with Crippen molar-refractivity contribution in [1.82, 2.24) is 20.2 Å². The van der Waals surface area contributed by atoms with Gasteiger partial charge in [0.2, 0.25) is 0 Å². The molecule has 7 heteroatoms. The summed E-state index contributed by atoms with van der Waals surface area (Å²) in [5, 5.41) is 13.8. The van der Waals surface area contributed by atoms with E-state index in [9.17, 15) is 4.79 Å². The van der Waals surface area contributed by atoms with Crippen molar-refractivity contribution >= 4 is 17.5 Å². The summed E-state index contributed by atoms with van der Waals surface area (Å²) in [5.74, 6) is 0.736. The van der Waals surface area contributed by atoms with Crippen LogP contribution in [0.5, 0.6) is 0 Å². The zero-order valence-corrected chi connectivity index (χ0v) is 12.2. The lowest BCUT2D eigenvalue weighted by Crippen LogP contribution is -2.13. The summed E-state index contributed by atoms with van der Waals surface area (Å²) < 4.78 is 0. The molecular formula is C16H14N6O. The summed E-state index contributed by atoms with van der Waals surface area (Å²) in [6, 6.07) is 10.7. The summed E-state index contributed by atoms with van der Waals surface area (Å²) in [6.07, 6.45) is 6.58. The highest BCUT2D eigenvalue weighted by molar-refractivity contribution is 6.03. The van der Waals surface area contributed by atoms with Gasteiger partial charge in [0.15, 0.2) is 5.82 Å². The molecule has 23 heavy (non-hydrogen) atoms. The van der Waals surface area contributed by atoms with Gasteiger partial charge in [-0.3, -0.25) is 14.8 Å². The fourth-order valence-electron chi connectivity index (χ4n) is 1.87. The molecule has 3 rings (SSSR count). The molecule has 3 aromatic rings. The zero-order chi connectivity index (χ0) is 15.9. The Morgan fingerprint density at radius 2 is 1.70 bits per heavy atom. The highest BCUT2D eigenvalue weighted by Crippen LogP contribution is 2.09. The van der Waals surface area contributed by atoms with Crippen LogP contribution in [0.2, 0.25) is 0 Å². The Kier molecular flexibility index (Phi) is 4.49. The smallest absolute Gasteiger partial charge is 0.258 e. The minimum atomic E-state index is -0.273. The number of aromatic nitrogens is 4. The molecule has 3 heterocycles. The lowest BCUT2D eigenvalue weighted by atomic mass is 10.2. The first-order valence-corrected chi connectivity index (χ1v) is 6.99. The molecule has 0 bridgehead atoms. The van der Waals surface area contributed by atoms with E-state index in [2.05, 4.69) is 30.8 Å². The van der Waals surface area contributed by atoms with E-state index in [1.807, 2.05) is 12.1 Å². The van der Waals surface area contributed by atoms with Gasteiger partial charge in [0.1, 0.15) is 5.82 Å². The quantitative estimate of drug-likeness (QED) is 0.750. The molecule has 3 aromatic heterocycles. The SMILES string of the molecule is O=C(Nc1ccc(NCc2ccncc2)nn1)c1cccnc1. The molecule has 1 amide bonds. The molecule has 0 unspecified atom stereocenters. The predicted molar refractivity (Wildman–Crippen MR) is 85.8 cm³/mol. The highest BCUT2D eigenvalue weighted by Gasteiger charge is 2.07. The van der Waals surface area contributed by atoms with Gasteiger partial charge in [-0.2, -0.15) is 0 Å². The van der Waals surface area contributed by atoms with Crippen molar-refractivity contribution in [2.75, 3.05) is 10.6 Å². The van der Waals surface area contributed by atoms with Crippen LogP contribution >= 0.6 is 0 Å². The van der Waals surface area contributed by atoms with Crippen LogP contribution in [0.15, 0.2) is 61.2 Å². The molecule has 0 atom stereocenters. The van der Waals surface area contributed by atoms with Crippen molar-refractivity contribution in [3.63, 3.8) is 0 Å². The fraction of sp³-hybridized carbons (Fsp3) is 0.0625. The third-order valence-electron chi connectivity index (χ3n) is 3.05. The lowest BCUT2D eigenvalue weighted by Gasteiger charge is -2.06. The molecule has 114 valence electrons. The van der Waals surface area contributed by atoms with Crippen molar-refractivity contribution < 1.29 is 4.79 Å². The first kappa shape index (κ1) is 14.6. The normalized spacial score (nSPS) is 10.1. The van der Waals surface area contributed by atoms with Gasteiger partial charge in [-0.15, -0.1) is 10.2 Å². The van der Waals surface area contributed by atoms with E-state index in [0.717, 1.165) is 5.56 Å². The van der Waals surface area contributed by atoms with Gasteiger partial charge in [-0.05, 0) is 42.0 Å². The molecule has 7 nitrogen and oxygen atoms in total. The molecule has 2 N–H and O–H groups in total. The summed E-state index contributed by atoms with van der Waals surface area (Å²) in [5.41, 5.74) is 1.56. The average Bonchev–Trinajstić information content (AvgIpc) is 2.63. The largest absolute Gasteiger partial charge is 0.365 e. The van der Waals surface area contributed by atoms with Gasteiger partial charge in [0.05, 0.1) is 5.56 Å². The maximum Gasteiger partial charge on any atom is 0.258 e. The number of nitrogens with one attached hydrogen (secondary N) is 2. The second-order valence-electron chi connectivity index (χ2n) is 4.71. The standard InChI is InChI=1S/C16H14N6O/c23-16(13-2-1-7-18-11-13)20-15-4-3-14(21-22-15)19-10-12-5-8-17-9-6-12/h1-9,11H,10H2,(H,19,21)(H,20,22,23). The van der Waals surface area contributed by atoms with Gasteiger partial charge in [0, 0.05) is 31.3 Å². The number of pyridine rings is 2. The third kappa shape index (κ3) is 4.07. The van der Waals surface area contributed by atoms with Crippen LogP contribution in [0, 0.1) is 0 Å². The minimum absolute atomic E-state index is 0.273. The van der Waals surface area contributed by atoms with Gasteiger partial charge in [0.25, 0.3) is 5.91 Å². The number of hydrogen-bond donors (Lipinski definition) is 2. The van der Waals surface area contributed by atoms with Gasteiger partial charge >= 0.3 is 0 Å². The molecule has 0 saturated carbocycles. The number of amides is 1. The molecule has 0 saturated heterocycles. The molecule has 0 spiro atoms. The minimum Gasteiger partial charge on any atom is -0.365 e. The molecule has 0 aliphatic carbocycles. The number of carbonyl (C=O) groups is 1. The molecule has 0 aliphatic rings. The second kappa shape index (κ2) is 7.08. The number of carbonyl (C=O) groups excluding carboxylic acids is 1. The zero-order valence-electron chi connectivity index (χ0n) is 12.2. The number of hydrogen-bond acceptors (Lipinski definition) is 6. The third-order valence-corrected chi connectivity index (χ3v) is 3.05. The molecule has 0 radical (unpaired) electrons. The monoisotopic (exact) mass is 306 g/mol. The Morgan fingerprint density at radius 1 is 0.913 bits per heavy atom. The van der Waals surface area contributed by atoms with Crippen LogP contribution in [0.1, 0.15) is 15.9 Å². The van der Waals surface area contributed by atoms with Crippen molar-refractivity contribution in [1.29, 1.82) is 0 Å². The van der Waals surface area contributed by atoms with E-state index in [4.69, 9.17) is 0 Å². The summed E-state index contributed by atoms with van der Waals surface area (Å²) in [7, 11) is 0. The van der Waals surface area contributed by atoms with Crippen LogP contribution < -0.4 is 10.6 Å². The molecule has 0 aromatic carbocycles. The van der Waals surface area contributed by atoms with Crippen LogP contribution in [-0.4, -0.2) is 26.1 Å². The van der Waals surface area contributed by atoms with Crippen LogP contribution in [0.3, 0.4) is 0 Å². The van der Waals surface area contributed by atoms with E-state index < -0.39 is 0 Å². The molecule has 0 fully saturated rings. The maximum atomic E-state index is 12.0. The first-order valence-electron chi connectivity index (χ1n) is 6.99. The lowest BCUT2D eigenvalue weighted by molar-refractivity contribution is 0.102. The second-order valence-corrected chi connectivity index (χ2v) is 4.71. The number of nitrogens with zero attached hydrogens (tertiary/aromatic N) is 4. The van der Waals surface area contributed by atoms with E-state index in [0.29, 0.717) is 23.7 Å². The van der Waals surface area contributed by atoms with E-state index >= 15 is 0 Å². The van der Waals surface area contributed by atoms with Crippen LogP contribution in [0.25, 0.3) is 0 Å². The van der Waals surface area contributed by atoms with Crippen molar-refractivity contribution in [2.45, 2.75) is 6.54 Å². The Morgan fingerprint density at radius 3 is 2.39 bits per heavy atom. The van der Waals surface area contributed by atoms with Crippen molar-refractivity contribution in [3.05, 3.63) is 72.3 Å². The fourth-order valence-corrected chi connectivity index (χ4v) is 1.87. The number of rotatable bonds is 5. The Bertz CT molecular complexity index is 762. The van der Waals surface area contributed by atoms with Crippen molar-refractivity contribution in [3.8, 4) is 0 Å². The van der Waals surface area contributed by atoms with E-state index in [-0.39, 0.29) is 5.91 Å². The van der Waals surface area contributed by atoms with Crippen molar-refractivity contribution in [2.24, 2.45) is 0 Å². The highest BCUT2D eigenvalue weighted by atomic mass is 16.1. The summed E-state index contributed by atoms with van der Waals surface area (Å²) in [6.45, 7) is 0.624. The van der Waals surface area contributed by atoms with Crippen LogP contribution in [-0.2, 0) is 6.54 Å². The topological polar surface area (TPSA) is 92.7 Å². The maximum absolute atomic E-state index is 12.0. The Labute approximate surface area is 132 Å².